The molecule has 0 aromatic heterocycles. The maximum absolute atomic E-state index is 11.2. The molecule has 1 aromatic rings. The minimum atomic E-state index is -3.27. The van der Waals surface area contributed by atoms with E-state index in [1.165, 1.54) is 18.2 Å². The van der Waals surface area contributed by atoms with Gasteiger partial charge in [-0.2, -0.15) is 0 Å². The van der Waals surface area contributed by atoms with Crippen molar-refractivity contribution >= 4 is 15.9 Å². The Morgan fingerprint density at radius 2 is 2.00 bits per heavy atom. The van der Waals surface area contributed by atoms with Gasteiger partial charge in [0.25, 0.3) is 0 Å². The van der Waals surface area contributed by atoms with Crippen LogP contribution in [0.3, 0.4) is 0 Å². The third kappa shape index (κ3) is 0.921. The Bertz CT molecular complexity index is 457. The molecule has 1 N–H and O–H groups in total. The lowest BCUT2D eigenvalue weighted by Gasteiger charge is -1.97. The normalized spacial score (nSPS) is 17.7. The van der Waals surface area contributed by atoms with Gasteiger partial charge in [0.1, 0.15) is 5.75 Å². The molecule has 0 amide bonds. The highest BCUT2D eigenvalue weighted by Crippen LogP contribution is 2.29. The Balaban J connectivity index is 2.80. The first-order valence-corrected chi connectivity index (χ1v) is 4.90. The van der Waals surface area contributed by atoms with Crippen LogP contribution < -0.4 is 0 Å². The number of phenolic OH excluding ortho intramolecular Hbond substituents is 1. The fourth-order valence-corrected chi connectivity index (χ4v) is 2.37. The Kier molecular flexibility index (Phi) is 1.29. The molecular formula is C8H6O3S. The van der Waals surface area contributed by atoms with Gasteiger partial charge in [-0.1, -0.05) is 0 Å². The van der Waals surface area contributed by atoms with Gasteiger partial charge in [-0.05, 0) is 29.8 Å². The lowest BCUT2D eigenvalue weighted by molar-refractivity contribution is 0.473. The van der Waals surface area contributed by atoms with E-state index in [9.17, 15) is 8.42 Å². The molecular weight excluding hydrogens is 176 g/mol. The van der Waals surface area contributed by atoms with Crippen LogP contribution in [0.1, 0.15) is 5.56 Å². The first-order valence-electron chi connectivity index (χ1n) is 3.36. The zero-order valence-electron chi connectivity index (χ0n) is 6.06. The summed E-state index contributed by atoms with van der Waals surface area (Å²) in [7, 11) is -3.27. The third-order valence-corrected chi connectivity index (χ3v) is 3.19. The van der Waals surface area contributed by atoms with Crippen molar-refractivity contribution in [2.75, 3.05) is 0 Å². The highest BCUT2D eigenvalue weighted by atomic mass is 32.2. The average molecular weight is 182 g/mol. The first-order chi connectivity index (χ1) is 5.59. The van der Waals surface area contributed by atoms with E-state index >= 15 is 0 Å². The van der Waals surface area contributed by atoms with E-state index in [1.54, 1.807) is 6.07 Å². The maximum atomic E-state index is 11.2. The van der Waals surface area contributed by atoms with Crippen molar-refractivity contribution in [1.82, 2.24) is 0 Å². The molecule has 1 aromatic carbocycles. The summed E-state index contributed by atoms with van der Waals surface area (Å²) in [6.07, 6.45) is 1.52. The summed E-state index contributed by atoms with van der Waals surface area (Å²) < 4.78 is 22.4. The fourth-order valence-electron chi connectivity index (χ4n) is 1.14. The number of aromatic hydroxyl groups is 1. The van der Waals surface area contributed by atoms with E-state index in [0.717, 1.165) is 5.41 Å². The Labute approximate surface area is 69.9 Å². The third-order valence-electron chi connectivity index (χ3n) is 1.73. The summed E-state index contributed by atoms with van der Waals surface area (Å²) >= 11 is 0. The molecule has 0 aliphatic carbocycles. The number of phenols is 1. The number of fused-ring (bicyclic) bond motifs is 1. The molecule has 0 atom stereocenters. The zero-order chi connectivity index (χ0) is 8.77. The van der Waals surface area contributed by atoms with Crippen LogP contribution in [0.2, 0.25) is 0 Å². The van der Waals surface area contributed by atoms with E-state index in [2.05, 4.69) is 0 Å². The van der Waals surface area contributed by atoms with Crippen molar-refractivity contribution < 1.29 is 13.5 Å². The van der Waals surface area contributed by atoms with Crippen molar-refractivity contribution in [3.63, 3.8) is 0 Å². The van der Waals surface area contributed by atoms with Crippen LogP contribution in [-0.4, -0.2) is 13.5 Å². The summed E-state index contributed by atoms with van der Waals surface area (Å²) in [5, 5.41) is 10.2. The number of benzene rings is 1. The second-order valence-corrected chi connectivity index (χ2v) is 4.37. The van der Waals surface area contributed by atoms with Crippen molar-refractivity contribution in [1.29, 1.82) is 0 Å². The van der Waals surface area contributed by atoms with Crippen molar-refractivity contribution in [3.05, 3.63) is 29.2 Å². The van der Waals surface area contributed by atoms with Crippen LogP contribution in [0.15, 0.2) is 28.5 Å². The second-order valence-electron chi connectivity index (χ2n) is 2.57. The highest BCUT2D eigenvalue weighted by Gasteiger charge is 2.20. The molecule has 0 saturated heterocycles. The van der Waals surface area contributed by atoms with Gasteiger partial charge in [0.2, 0.25) is 9.84 Å². The monoisotopic (exact) mass is 182 g/mol. The van der Waals surface area contributed by atoms with Gasteiger partial charge >= 0.3 is 0 Å². The molecule has 12 heavy (non-hydrogen) atoms. The predicted octanol–water partition coefficient (Wildman–Crippen LogP) is 1.15. The molecule has 1 aliphatic heterocycles. The summed E-state index contributed by atoms with van der Waals surface area (Å²) in [5.41, 5.74) is 0.632. The minimum absolute atomic E-state index is 0.0268. The molecule has 0 fully saturated rings. The van der Waals surface area contributed by atoms with Crippen molar-refractivity contribution in [2.45, 2.75) is 4.90 Å². The van der Waals surface area contributed by atoms with E-state index < -0.39 is 9.84 Å². The number of rotatable bonds is 0. The summed E-state index contributed by atoms with van der Waals surface area (Å²) in [6, 6.07) is 4.29. The molecule has 62 valence electrons. The lowest BCUT2D eigenvalue weighted by atomic mass is 10.2. The quantitative estimate of drug-likeness (QED) is 0.654. The van der Waals surface area contributed by atoms with Crippen LogP contribution in [-0.2, 0) is 9.84 Å². The summed E-state index contributed by atoms with van der Waals surface area (Å²) in [5.74, 6) is -0.0268. The van der Waals surface area contributed by atoms with E-state index in [0.29, 0.717) is 5.56 Å². The Morgan fingerprint density at radius 3 is 2.75 bits per heavy atom. The van der Waals surface area contributed by atoms with Crippen molar-refractivity contribution in [3.8, 4) is 5.75 Å². The van der Waals surface area contributed by atoms with E-state index in [4.69, 9.17) is 5.11 Å². The second kappa shape index (κ2) is 2.10. The molecule has 0 saturated carbocycles. The summed E-state index contributed by atoms with van der Waals surface area (Å²) in [4.78, 5) is 0.183. The minimum Gasteiger partial charge on any atom is -0.508 e. The van der Waals surface area contributed by atoms with Gasteiger partial charge in [-0.3, -0.25) is 0 Å². The standard InChI is InChI=1S/C8H6O3S/c9-7-2-1-6-3-4-12(10,11)8(6)5-7/h1-5,9H. The zero-order valence-corrected chi connectivity index (χ0v) is 6.88. The van der Waals surface area contributed by atoms with Gasteiger partial charge in [0.15, 0.2) is 0 Å². The molecule has 2 rings (SSSR count). The van der Waals surface area contributed by atoms with Gasteiger partial charge in [-0.25, -0.2) is 8.42 Å². The number of hydrogen-bond donors (Lipinski definition) is 1. The average Bonchev–Trinajstić information content (AvgIpc) is 2.28. The van der Waals surface area contributed by atoms with Crippen LogP contribution in [0.5, 0.6) is 5.75 Å². The number of hydrogen-bond acceptors (Lipinski definition) is 3. The molecule has 1 heterocycles. The predicted molar refractivity (Wildman–Crippen MR) is 44.3 cm³/mol. The van der Waals surface area contributed by atoms with E-state index in [-0.39, 0.29) is 10.6 Å². The van der Waals surface area contributed by atoms with Crippen LogP contribution >= 0.6 is 0 Å². The van der Waals surface area contributed by atoms with Gasteiger partial charge < -0.3 is 5.11 Å². The first kappa shape index (κ1) is 7.36. The summed E-state index contributed by atoms with van der Waals surface area (Å²) in [6.45, 7) is 0. The largest absolute Gasteiger partial charge is 0.508 e. The van der Waals surface area contributed by atoms with Gasteiger partial charge in [0.05, 0.1) is 4.90 Å². The fraction of sp³-hybridized carbons (Fsp3) is 0. The molecule has 1 aliphatic rings. The topological polar surface area (TPSA) is 54.4 Å². The molecule has 3 nitrogen and oxygen atoms in total. The Morgan fingerprint density at radius 1 is 1.25 bits per heavy atom. The van der Waals surface area contributed by atoms with Crippen LogP contribution in [0, 0.1) is 0 Å². The molecule has 0 radical (unpaired) electrons. The SMILES string of the molecule is O=S1(=O)C=Cc2ccc(O)cc21. The van der Waals surface area contributed by atoms with Gasteiger partial charge in [-0.15, -0.1) is 0 Å². The Hall–Kier alpha value is -1.29. The lowest BCUT2D eigenvalue weighted by Crippen LogP contribution is -1.92. The van der Waals surface area contributed by atoms with Gasteiger partial charge in [0, 0.05) is 5.41 Å². The smallest absolute Gasteiger partial charge is 0.200 e. The molecule has 0 spiro atoms. The molecule has 0 unspecified atom stereocenters. The van der Waals surface area contributed by atoms with E-state index in [1.807, 2.05) is 0 Å². The van der Waals surface area contributed by atoms with Crippen molar-refractivity contribution in [2.24, 2.45) is 0 Å². The molecule has 0 bridgehead atoms. The van der Waals surface area contributed by atoms with Crippen LogP contribution in [0.25, 0.3) is 6.08 Å². The molecule has 4 heteroatoms. The highest BCUT2D eigenvalue weighted by molar-refractivity contribution is 7.94. The number of sulfone groups is 1. The van der Waals surface area contributed by atoms with Crippen LogP contribution in [0.4, 0.5) is 0 Å². The maximum Gasteiger partial charge on any atom is 0.200 e.